The lowest BCUT2D eigenvalue weighted by molar-refractivity contribution is 0.409. The zero-order chi connectivity index (χ0) is 13.7. The minimum Gasteiger partial charge on any atom is -0.508 e. The van der Waals surface area contributed by atoms with E-state index in [1.165, 1.54) is 0 Å². The lowest BCUT2D eigenvalue weighted by atomic mass is 10.1. The summed E-state index contributed by atoms with van der Waals surface area (Å²) in [5, 5.41) is 13.2. The smallest absolute Gasteiger partial charge is 0.120 e. The lowest BCUT2D eigenvalue weighted by Crippen LogP contribution is -2.18. The number of rotatable bonds is 5. The maximum atomic E-state index is 9.81. The van der Waals surface area contributed by atoms with Crippen LogP contribution in [-0.2, 0) is 6.54 Å². The third-order valence-electron chi connectivity index (χ3n) is 3.07. The van der Waals surface area contributed by atoms with Gasteiger partial charge in [-0.1, -0.05) is 6.07 Å². The van der Waals surface area contributed by atoms with E-state index in [4.69, 9.17) is 4.74 Å². The normalized spacial score (nSPS) is 12.1. The second kappa shape index (κ2) is 6.20. The average molecular weight is 258 g/mol. The van der Waals surface area contributed by atoms with Crippen LogP contribution in [0.2, 0.25) is 0 Å². The van der Waals surface area contributed by atoms with Crippen LogP contribution in [-0.4, -0.2) is 17.2 Å². The van der Waals surface area contributed by atoms with E-state index >= 15 is 0 Å². The number of ether oxygens (including phenoxy) is 1. The Labute approximate surface area is 113 Å². The molecule has 0 unspecified atom stereocenters. The molecule has 0 radical (unpaired) electrons. The van der Waals surface area contributed by atoms with E-state index in [9.17, 15) is 5.11 Å². The Kier molecular flexibility index (Phi) is 4.36. The Bertz CT molecular complexity index is 529. The Hall–Kier alpha value is -2.07. The molecule has 4 nitrogen and oxygen atoms in total. The number of aromatic nitrogens is 1. The van der Waals surface area contributed by atoms with Gasteiger partial charge >= 0.3 is 0 Å². The number of methoxy groups -OCH3 is 1. The van der Waals surface area contributed by atoms with Crippen molar-refractivity contribution in [1.29, 1.82) is 0 Å². The highest BCUT2D eigenvalue weighted by molar-refractivity contribution is 5.39. The van der Waals surface area contributed by atoms with Gasteiger partial charge in [0.2, 0.25) is 0 Å². The van der Waals surface area contributed by atoms with Gasteiger partial charge in [-0.3, -0.25) is 4.98 Å². The fourth-order valence-corrected chi connectivity index (χ4v) is 1.84. The zero-order valence-electron chi connectivity index (χ0n) is 11.1. The number of phenols is 1. The van der Waals surface area contributed by atoms with Gasteiger partial charge < -0.3 is 15.2 Å². The first-order chi connectivity index (χ1) is 9.20. The van der Waals surface area contributed by atoms with Crippen molar-refractivity contribution in [3.63, 3.8) is 0 Å². The standard InChI is InChI=1S/C15H18N2O2/c1-11(12-4-3-7-16-9-12)17-10-13-8-14(19-2)5-6-15(13)18/h3-9,11,17-18H,10H2,1-2H3/t11-/m1/s1. The van der Waals surface area contributed by atoms with E-state index in [0.29, 0.717) is 6.54 Å². The molecule has 0 fully saturated rings. The number of nitrogens with one attached hydrogen (secondary N) is 1. The predicted molar refractivity (Wildman–Crippen MR) is 74.2 cm³/mol. The fraction of sp³-hybridized carbons (Fsp3) is 0.267. The van der Waals surface area contributed by atoms with Crippen LogP contribution < -0.4 is 10.1 Å². The molecule has 19 heavy (non-hydrogen) atoms. The molecule has 4 heteroatoms. The van der Waals surface area contributed by atoms with E-state index in [2.05, 4.69) is 17.2 Å². The van der Waals surface area contributed by atoms with Crippen LogP contribution in [0.3, 0.4) is 0 Å². The maximum absolute atomic E-state index is 9.81. The third-order valence-corrected chi connectivity index (χ3v) is 3.07. The van der Waals surface area contributed by atoms with Gasteiger partial charge in [-0.2, -0.15) is 0 Å². The van der Waals surface area contributed by atoms with E-state index in [-0.39, 0.29) is 11.8 Å². The molecule has 0 bridgehead atoms. The molecule has 0 saturated heterocycles. The summed E-state index contributed by atoms with van der Waals surface area (Å²) in [7, 11) is 1.61. The monoisotopic (exact) mass is 258 g/mol. The Morgan fingerprint density at radius 1 is 1.37 bits per heavy atom. The molecule has 0 aliphatic carbocycles. The van der Waals surface area contributed by atoms with Gasteiger partial charge in [0.25, 0.3) is 0 Å². The third kappa shape index (κ3) is 3.45. The molecule has 0 aliphatic rings. The first-order valence-corrected chi connectivity index (χ1v) is 6.20. The van der Waals surface area contributed by atoms with Crippen LogP contribution >= 0.6 is 0 Å². The minimum atomic E-state index is 0.166. The van der Waals surface area contributed by atoms with Crippen LogP contribution in [0.15, 0.2) is 42.7 Å². The molecule has 2 aromatic rings. The van der Waals surface area contributed by atoms with Gasteiger partial charge in [0.15, 0.2) is 0 Å². The van der Waals surface area contributed by atoms with Crippen LogP contribution in [0.1, 0.15) is 24.1 Å². The van der Waals surface area contributed by atoms with Gasteiger partial charge in [-0.15, -0.1) is 0 Å². The van der Waals surface area contributed by atoms with Crippen molar-refractivity contribution in [1.82, 2.24) is 10.3 Å². The Morgan fingerprint density at radius 3 is 2.89 bits per heavy atom. The number of nitrogens with zero attached hydrogens (tertiary/aromatic N) is 1. The molecule has 1 aromatic heterocycles. The molecular weight excluding hydrogens is 240 g/mol. The highest BCUT2D eigenvalue weighted by atomic mass is 16.5. The molecule has 2 rings (SSSR count). The molecule has 2 N–H and O–H groups in total. The summed E-state index contributed by atoms with van der Waals surface area (Å²) in [5.74, 6) is 1.01. The summed E-state index contributed by atoms with van der Waals surface area (Å²) in [6, 6.07) is 9.32. The number of phenolic OH excluding ortho intramolecular Hbond substituents is 1. The first-order valence-electron chi connectivity index (χ1n) is 6.20. The molecule has 1 aromatic carbocycles. The Morgan fingerprint density at radius 2 is 2.21 bits per heavy atom. The number of pyridine rings is 1. The molecule has 0 spiro atoms. The maximum Gasteiger partial charge on any atom is 0.120 e. The van der Waals surface area contributed by atoms with Crippen LogP contribution in [0.4, 0.5) is 0 Å². The van der Waals surface area contributed by atoms with Crippen LogP contribution in [0.5, 0.6) is 11.5 Å². The highest BCUT2D eigenvalue weighted by Crippen LogP contribution is 2.23. The summed E-state index contributed by atoms with van der Waals surface area (Å²) in [6.45, 7) is 2.63. The fourth-order valence-electron chi connectivity index (χ4n) is 1.84. The van der Waals surface area contributed by atoms with Gasteiger partial charge in [-0.05, 0) is 36.8 Å². The van der Waals surface area contributed by atoms with Crippen molar-refractivity contribution >= 4 is 0 Å². The quantitative estimate of drug-likeness (QED) is 0.865. The number of hydrogen-bond donors (Lipinski definition) is 2. The van der Waals surface area contributed by atoms with Crippen molar-refractivity contribution in [2.24, 2.45) is 0 Å². The molecule has 0 aliphatic heterocycles. The largest absolute Gasteiger partial charge is 0.508 e. The van der Waals surface area contributed by atoms with Crippen molar-refractivity contribution < 1.29 is 9.84 Å². The van der Waals surface area contributed by atoms with Crippen molar-refractivity contribution in [3.05, 3.63) is 53.9 Å². The summed E-state index contributed by atoms with van der Waals surface area (Å²) < 4.78 is 5.15. The molecular formula is C15H18N2O2. The van der Waals surface area contributed by atoms with Crippen molar-refractivity contribution in [2.45, 2.75) is 19.5 Å². The minimum absolute atomic E-state index is 0.166. The van der Waals surface area contributed by atoms with Gasteiger partial charge in [0.05, 0.1) is 7.11 Å². The first kappa shape index (κ1) is 13.4. The van der Waals surface area contributed by atoms with Crippen molar-refractivity contribution in [3.8, 4) is 11.5 Å². The molecule has 1 atom stereocenters. The van der Waals surface area contributed by atoms with E-state index in [1.54, 1.807) is 25.4 Å². The number of aromatic hydroxyl groups is 1. The summed E-state index contributed by atoms with van der Waals surface area (Å²) in [5.41, 5.74) is 1.93. The average Bonchev–Trinajstić information content (AvgIpc) is 2.47. The van der Waals surface area contributed by atoms with Crippen molar-refractivity contribution in [2.75, 3.05) is 7.11 Å². The number of hydrogen-bond acceptors (Lipinski definition) is 4. The van der Waals surface area contributed by atoms with Crippen LogP contribution in [0.25, 0.3) is 0 Å². The summed E-state index contributed by atoms with van der Waals surface area (Å²) >= 11 is 0. The SMILES string of the molecule is COc1ccc(O)c(CN[C@H](C)c2cccnc2)c1. The molecule has 0 amide bonds. The van der Waals surface area contributed by atoms with Gasteiger partial charge in [0.1, 0.15) is 11.5 Å². The summed E-state index contributed by atoms with van der Waals surface area (Å²) in [6.07, 6.45) is 3.59. The zero-order valence-corrected chi connectivity index (χ0v) is 11.1. The lowest BCUT2D eigenvalue weighted by Gasteiger charge is -2.15. The van der Waals surface area contributed by atoms with E-state index < -0.39 is 0 Å². The second-order valence-electron chi connectivity index (χ2n) is 4.38. The van der Waals surface area contributed by atoms with Gasteiger partial charge in [-0.25, -0.2) is 0 Å². The van der Waals surface area contributed by atoms with Gasteiger partial charge in [0, 0.05) is 30.5 Å². The number of benzene rings is 1. The molecule has 1 heterocycles. The van der Waals surface area contributed by atoms with Crippen LogP contribution in [0, 0.1) is 0 Å². The summed E-state index contributed by atoms with van der Waals surface area (Å²) in [4.78, 5) is 4.10. The highest BCUT2D eigenvalue weighted by Gasteiger charge is 2.07. The topological polar surface area (TPSA) is 54.4 Å². The van der Waals surface area contributed by atoms with E-state index in [0.717, 1.165) is 16.9 Å². The van der Waals surface area contributed by atoms with E-state index in [1.807, 2.05) is 24.4 Å². The Balaban J connectivity index is 2.02. The molecule has 100 valence electrons. The predicted octanol–water partition coefficient (Wildman–Crippen LogP) is 2.65. The molecule has 0 saturated carbocycles. The second-order valence-corrected chi connectivity index (χ2v) is 4.38.